The zero-order valence-corrected chi connectivity index (χ0v) is 13.4. The molecule has 0 atom stereocenters. The maximum absolute atomic E-state index is 6.19. The summed E-state index contributed by atoms with van der Waals surface area (Å²) in [6.45, 7) is 6.98. The Morgan fingerprint density at radius 3 is 2.67 bits per heavy atom. The summed E-state index contributed by atoms with van der Waals surface area (Å²) in [6, 6.07) is 7.48. The zero-order valence-electron chi connectivity index (χ0n) is 12.6. The van der Waals surface area contributed by atoms with Crippen molar-refractivity contribution in [1.29, 1.82) is 0 Å². The normalized spacial score (nSPS) is 10.5. The van der Waals surface area contributed by atoms with Crippen LogP contribution in [0.15, 0.2) is 24.3 Å². The van der Waals surface area contributed by atoms with E-state index in [2.05, 4.69) is 22.2 Å². The van der Waals surface area contributed by atoms with Crippen LogP contribution in [0.2, 0.25) is 5.02 Å². The monoisotopic (exact) mass is 305 g/mol. The van der Waals surface area contributed by atoms with Gasteiger partial charge in [-0.05, 0) is 31.0 Å². The van der Waals surface area contributed by atoms with Gasteiger partial charge in [0.25, 0.3) is 0 Å². The van der Waals surface area contributed by atoms with Gasteiger partial charge in [-0.3, -0.25) is 0 Å². The maximum Gasteiger partial charge on any atom is 0.224 e. The first-order valence-corrected chi connectivity index (χ1v) is 7.56. The van der Waals surface area contributed by atoms with Gasteiger partial charge in [0.1, 0.15) is 17.4 Å². The van der Waals surface area contributed by atoms with Crippen molar-refractivity contribution < 1.29 is 4.74 Å². The summed E-state index contributed by atoms with van der Waals surface area (Å²) in [5.41, 5.74) is 1.09. The highest BCUT2D eigenvalue weighted by Crippen LogP contribution is 2.29. The van der Waals surface area contributed by atoms with Crippen LogP contribution in [0, 0.1) is 6.92 Å². The van der Waals surface area contributed by atoms with Crippen molar-refractivity contribution in [3.05, 3.63) is 40.7 Å². The molecule has 0 radical (unpaired) electrons. The summed E-state index contributed by atoms with van der Waals surface area (Å²) in [5, 5.41) is 3.83. The third-order valence-electron chi connectivity index (χ3n) is 2.92. The Hall–Kier alpha value is -1.81. The average molecular weight is 306 g/mol. The van der Waals surface area contributed by atoms with Gasteiger partial charge in [-0.15, -0.1) is 0 Å². The standard InChI is InChI=1S/C16H20ClN3O/c1-4-8-18-15-10-16(20-14(5-2)19-15)21-13-7-6-11(3)9-12(13)17/h6-7,9-10H,4-5,8H2,1-3H3,(H,18,19,20). The number of aryl methyl sites for hydroxylation is 2. The van der Waals surface area contributed by atoms with E-state index in [0.717, 1.165) is 36.6 Å². The van der Waals surface area contributed by atoms with Crippen LogP contribution in [0.25, 0.3) is 0 Å². The predicted molar refractivity (Wildman–Crippen MR) is 86.5 cm³/mol. The van der Waals surface area contributed by atoms with Crippen LogP contribution >= 0.6 is 11.6 Å². The fraction of sp³-hybridized carbons (Fsp3) is 0.375. The van der Waals surface area contributed by atoms with E-state index < -0.39 is 0 Å². The lowest BCUT2D eigenvalue weighted by Crippen LogP contribution is -2.05. The van der Waals surface area contributed by atoms with Crippen molar-refractivity contribution in [3.8, 4) is 11.6 Å². The number of aromatic nitrogens is 2. The van der Waals surface area contributed by atoms with Crippen LogP contribution in [-0.4, -0.2) is 16.5 Å². The molecule has 0 aliphatic rings. The number of ether oxygens (including phenoxy) is 1. The van der Waals surface area contributed by atoms with Crippen molar-refractivity contribution >= 4 is 17.4 Å². The predicted octanol–water partition coefficient (Wildman–Crippen LogP) is 4.62. The SMILES string of the molecule is CCCNc1cc(Oc2ccc(C)cc2Cl)nc(CC)n1. The molecule has 112 valence electrons. The molecule has 4 nitrogen and oxygen atoms in total. The third-order valence-corrected chi connectivity index (χ3v) is 3.22. The molecule has 1 aromatic heterocycles. The van der Waals surface area contributed by atoms with E-state index in [-0.39, 0.29) is 0 Å². The Morgan fingerprint density at radius 1 is 1.19 bits per heavy atom. The molecule has 0 bridgehead atoms. The van der Waals surface area contributed by atoms with Gasteiger partial charge in [-0.2, -0.15) is 4.98 Å². The van der Waals surface area contributed by atoms with Crippen molar-refractivity contribution in [2.45, 2.75) is 33.6 Å². The first-order valence-electron chi connectivity index (χ1n) is 7.18. The fourth-order valence-electron chi connectivity index (χ4n) is 1.83. The molecular weight excluding hydrogens is 286 g/mol. The number of rotatable bonds is 6. The van der Waals surface area contributed by atoms with Crippen LogP contribution in [0.5, 0.6) is 11.6 Å². The van der Waals surface area contributed by atoms with Gasteiger partial charge in [0, 0.05) is 19.0 Å². The van der Waals surface area contributed by atoms with Crippen molar-refractivity contribution in [2.75, 3.05) is 11.9 Å². The molecule has 0 saturated heterocycles. The molecule has 0 spiro atoms. The van der Waals surface area contributed by atoms with Crippen LogP contribution in [0.1, 0.15) is 31.7 Å². The molecule has 0 aliphatic carbocycles. The Morgan fingerprint density at radius 2 is 2.00 bits per heavy atom. The molecule has 21 heavy (non-hydrogen) atoms. The zero-order chi connectivity index (χ0) is 15.2. The molecule has 0 saturated carbocycles. The van der Waals surface area contributed by atoms with E-state index in [1.165, 1.54) is 0 Å². The van der Waals surface area contributed by atoms with E-state index >= 15 is 0 Å². The minimum absolute atomic E-state index is 0.506. The molecule has 0 unspecified atom stereocenters. The van der Waals surface area contributed by atoms with E-state index in [9.17, 15) is 0 Å². The molecule has 0 fully saturated rings. The molecule has 2 aromatic rings. The van der Waals surface area contributed by atoms with Crippen LogP contribution in [-0.2, 0) is 6.42 Å². The van der Waals surface area contributed by atoms with Crippen molar-refractivity contribution in [1.82, 2.24) is 9.97 Å². The van der Waals surface area contributed by atoms with Crippen LogP contribution in [0.3, 0.4) is 0 Å². The minimum Gasteiger partial charge on any atom is -0.437 e. The Bertz CT molecular complexity index is 616. The molecule has 1 N–H and O–H groups in total. The summed E-state index contributed by atoms with van der Waals surface area (Å²) in [4.78, 5) is 8.82. The Balaban J connectivity index is 2.25. The summed E-state index contributed by atoms with van der Waals surface area (Å²) >= 11 is 6.19. The number of anilines is 1. The highest BCUT2D eigenvalue weighted by molar-refractivity contribution is 6.32. The molecule has 5 heteroatoms. The highest BCUT2D eigenvalue weighted by Gasteiger charge is 2.08. The lowest BCUT2D eigenvalue weighted by atomic mass is 10.2. The minimum atomic E-state index is 0.506. The lowest BCUT2D eigenvalue weighted by Gasteiger charge is -2.11. The van der Waals surface area contributed by atoms with E-state index in [4.69, 9.17) is 16.3 Å². The Kier molecular flexibility index (Phi) is 5.39. The molecule has 2 rings (SSSR count). The summed E-state index contributed by atoms with van der Waals surface area (Å²) < 4.78 is 5.80. The summed E-state index contributed by atoms with van der Waals surface area (Å²) in [7, 11) is 0. The second-order valence-electron chi connectivity index (χ2n) is 4.82. The molecule has 0 amide bonds. The van der Waals surface area contributed by atoms with Gasteiger partial charge < -0.3 is 10.1 Å². The number of benzene rings is 1. The highest BCUT2D eigenvalue weighted by atomic mass is 35.5. The van der Waals surface area contributed by atoms with Gasteiger partial charge in [0.15, 0.2) is 0 Å². The molecule has 0 aliphatic heterocycles. The van der Waals surface area contributed by atoms with Gasteiger partial charge >= 0.3 is 0 Å². The fourth-order valence-corrected chi connectivity index (χ4v) is 2.10. The number of nitrogens with zero attached hydrogens (tertiary/aromatic N) is 2. The third kappa shape index (κ3) is 4.33. The van der Waals surface area contributed by atoms with E-state index in [1.54, 1.807) is 6.07 Å². The van der Waals surface area contributed by atoms with E-state index in [1.807, 2.05) is 32.0 Å². The van der Waals surface area contributed by atoms with Gasteiger partial charge in [0.05, 0.1) is 5.02 Å². The van der Waals surface area contributed by atoms with Crippen LogP contribution in [0.4, 0.5) is 5.82 Å². The number of nitrogens with one attached hydrogen (secondary N) is 1. The smallest absolute Gasteiger partial charge is 0.224 e. The van der Waals surface area contributed by atoms with E-state index in [0.29, 0.717) is 16.7 Å². The van der Waals surface area contributed by atoms with Gasteiger partial charge in [-0.25, -0.2) is 4.98 Å². The number of hydrogen-bond donors (Lipinski definition) is 1. The molecule has 1 heterocycles. The molecule has 1 aromatic carbocycles. The second-order valence-corrected chi connectivity index (χ2v) is 5.23. The Labute approximate surface area is 130 Å². The lowest BCUT2D eigenvalue weighted by molar-refractivity contribution is 0.459. The summed E-state index contributed by atoms with van der Waals surface area (Å²) in [6.07, 6.45) is 1.78. The van der Waals surface area contributed by atoms with Crippen molar-refractivity contribution in [2.24, 2.45) is 0 Å². The molecular formula is C16H20ClN3O. The average Bonchev–Trinajstić information content (AvgIpc) is 2.48. The quantitative estimate of drug-likeness (QED) is 0.846. The maximum atomic E-state index is 6.19. The summed E-state index contributed by atoms with van der Waals surface area (Å²) in [5.74, 6) is 2.63. The second kappa shape index (κ2) is 7.27. The van der Waals surface area contributed by atoms with Gasteiger partial charge in [0.2, 0.25) is 5.88 Å². The largest absolute Gasteiger partial charge is 0.437 e. The van der Waals surface area contributed by atoms with Gasteiger partial charge in [-0.1, -0.05) is 31.5 Å². The first-order chi connectivity index (χ1) is 10.1. The van der Waals surface area contributed by atoms with Crippen molar-refractivity contribution in [3.63, 3.8) is 0 Å². The topological polar surface area (TPSA) is 47.0 Å². The first kappa shape index (κ1) is 15.6. The number of halogens is 1. The van der Waals surface area contributed by atoms with Crippen LogP contribution < -0.4 is 10.1 Å². The number of hydrogen-bond acceptors (Lipinski definition) is 4.